The van der Waals surface area contributed by atoms with Gasteiger partial charge in [0.2, 0.25) is 0 Å². The second-order valence-corrected chi connectivity index (χ2v) is 15.2. The van der Waals surface area contributed by atoms with Crippen LogP contribution in [0.3, 0.4) is 0 Å². The van der Waals surface area contributed by atoms with Crippen LogP contribution in [0.2, 0.25) is 0 Å². The largest absolute Gasteiger partial charge is 0.393 e. The molecule has 1 N–H and O–H groups in total. The lowest BCUT2D eigenvalue weighted by Crippen LogP contribution is -2.61. The number of allylic oxidation sites excluding steroid dienone is 2. The molecule has 3 fully saturated rings. The molecular formula is C30H50O. The molecule has 176 valence electrons. The lowest BCUT2D eigenvalue weighted by Gasteiger charge is -2.69. The van der Waals surface area contributed by atoms with Gasteiger partial charge in [-0.15, -0.1) is 0 Å². The summed E-state index contributed by atoms with van der Waals surface area (Å²) in [5, 5.41) is 10.9. The van der Waals surface area contributed by atoms with E-state index in [1.54, 1.807) is 0 Å². The van der Waals surface area contributed by atoms with Gasteiger partial charge in [0.05, 0.1) is 6.10 Å². The highest BCUT2D eigenvalue weighted by molar-refractivity contribution is 5.38. The Morgan fingerprint density at radius 2 is 1.35 bits per heavy atom. The summed E-state index contributed by atoms with van der Waals surface area (Å²) in [7, 11) is 0. The standard InChI is InChI=1S/C30H50O/c1-25(2)15-16-27(5)17-18-29(7)21-9-10-22-26(3,4)24(31)12-13-28(22,6)20(21)11-14-30(29,8)23(27)19-25/h22-24,31H,9-19H2,1-8H3/t22-,23-,24+,27+,28+,29-,30+/m0/s1. The molecule has 3 saturated carbocycles. The quantitative estimate of drug-likeness (QED) is 0.386. The number of hydrogen-bond acceptors (Lipinski definition) is 1. The Bertz CT molecular complexity index is 803. The number of fused-ring (bicyclic) bond motifs is 6. The van der Waals surface area contributed by atoms with Crippen LogP contribution >= 0.6 is 0 Å². The van der Waals surface area contributed by atoms with Gasteiger partial charge in [-0.2, -0.15) is 0 Å². The Morgan fingerprint density at radius 1 is 0.677 bits per heavy atom. The zero-order valence-electron chi connectivity index (χ0n) is 22.0. The lowest BCUT2D eigenvalue weighted by molar-refractivity contribution is -0.154. The maximum absolute atomic E-state index is 10.9. The fraction of sp³-hybridized carbons (Fsp3) is 0.933. The number of aliphatic hydroxyl groups is 1. The molecule has 0 aliphatic heterocycles. The smallest absolute Gasteiger partial charge is 0.0594 e. The highest BCUT2D eigenvalue weighted by Gasteiger charge is 2.65. The van der Waals surface area contributed by atoms with E-state index < -0.39 is 0 Å². The molecule has 0 aromatic heterocycles. The topological polar surface area (TPSA) is 20.2 Å². The predicted octanol–water partition coefficient (Wildman–Crippen LogP) is 8.31. The third-order valence-electron chi connectivity index (χ3n) is 13.0. The van der Waals surface area contributed by atoms with Crippen molar-refractivity contribution < 1.29 is 5.11 Å². The van der Waals surface area contributed by atoms with Crippen LogP contribution in [0, 0.1) is 44.3 Å². The third kappa shape index (κ3) is 2.77. The molecule has 0 aromatic rings. The highest BCUT2D eigenvalue weighted by atomic mass is 16.3. The SMILES string of the molecule is CC1(C)CC[C@]2(C)CC[C@@]3(C)C4=C(CC[C@]3(C)[C@H]2C1)[C@@]1(C)CC[C@@H](O)C(C)(C)[C@@H]1CC4. The lowest BCUT2D eigenvalue weighted by atomic mass is 9.35. The van der Waals surface area contributed by atoms with Gasteiger partial charge in [-0.3, -0.25) is 0 Å². The van der Waals surface area contributed by atoms with Gasteiger partial charge in [0.25, 0.3) is 0 Å². The predicted molar refractivity (Wildman–Crippen MR) is 131 cm³/mol. The first-order valence-corrected chi connectivity index (χ1v) is 13.6. The second kappa shape index (κ2) is 6.43. The van der Waals surface area contributed by atoms with E-state index in [2.05, 4.69) is 55.4 Å². The summed E-state index contributed by atoms with van der Waals surface area (Å²) in [5.74, 6) is 1.50. The summed E-state index contributed by atoms with van der Waals surface area (Å²) >= 11 is 0. The molecule has 7 atom stereocenters. The fourth-order valence-electron chi connectivity index (χ4n) is 10.4. The van der Waals surface area contributed by atoms with Crippen LogP contribution in [0.25, 0.3) is 0 Å². The van der Waals surface area contributed by atoms with Gasteiger partial charge >= 0.3 is 0 Å². The van der Waals surface area contributed by atoms with Gasteiger partial charge < -0.3 is 5.11 Å². The maximum Gasteiger partial charge on any atom is 0.0594 e. The molecule has 5 rings (SSSR count). The Labute approximate surface area is 192 Å². The van der Waals surface area contributed by atoms with Gasteiger partial charge in [-0.05, 0) is 115 Å². The molecule has 1 nitrogen and oxygen atoms in total. The summed E-state index contributed by atoms with van der Waals surface area (Å²) in [6.45, 7) is 20.5. The Hall–Kier alpha value is -0.300. The maximum atomic E-state index is 10.9. The summed E-state index contributed by atoms with van der Waals surface area (Å²) in [5.41, 5.74) is 6.02. The summed E-state index contributed by atoms with van der Waals surface area (Å²) in [4.78, 5) is 0. The highest BCUT2D eigenvalue weighted by Crippen LogP contribution is 2.75. The van der Waals surface area contributed by atoms with Crippen LogP contribution in [0.1, 0.15) is 126 Å². The Morgan fingerprint density at radius 3 is 2.06 bits per heavy atom. The molecule has 0 bridgehead atoms. The monoisotopic (exact) mass is 426 g/mol. The molecule has 0 aromatic carbocycles. The fourth-order valence-corrected chi connectivity index (χ4v) is 10.4. The molecule has 0 unspecified atom stereocenters. The molecule has 0 saturated heterocycles. The van der Waals surface area contributed by atoms with Crippen molar-refractivity contribution in [3.63, 3.8) is 0 Å². The van der Waals surface area contributed by atoms with Crippen molar-refractivity contribution in [3.8, 4) is 0 Å². The van der Waals surface area contributed by atoms with Gasteiger partial charge in [-0.1, -0.05) is 66.5 Å². The summed E-state index contributed by atoms with van der Waals surface area (Å²) in [6, 6.07) is 0. The number of aliphatic hydroxyl groups excluding tert-OH is 1. The van der Waals surface area contributed by atoms with Gasteiger partial charge in [-0.25, -0.2) is 0 Å². The van der Waals surface area contributed by atoms with Crippen LogP contribution < -0.4 is 0 Å². The normalized spacial score (nSPS) is 53.1. The van der Waals surface area contributed by atoms with Crippen molar-refractivity contribution >= 4 is 0 Å². The van der Waals surface area contributed by atoms with Crippen molar-refractivity contribution in [1.29, 1.82) is 0 Å². The zero-order valence-corrected chi connectivity index (χ0v) is 22.0. The molecular weight excluding hydrogens is 376 g/mol. The van der Waals surface area contributed by atoms with E-state index in [0.717, 1.165) is 12.3 Å². The minimum Gasteiger partial charge on any atom is -0.393 e. The Balaban J connectivity index is 1.59. The average Bonchev–Trinajstić information content (AvgIpc) is 2.68. The molecule has 0 heterocycles. The van der Waals surface area contributed by atoms with Crippen LogP contribution in [0.15, 0.2) is 11.1 Å². The molecule has 0 amide bonds. The van der Waals surface area contributed by atoms with E-state index in [4.69, 9.17) is 0 Å². The van der Waals surface area contributed by atoms with Crippen LogP contribution in [0.5, 0.6) is 0 Å². The van der Waals surface area contributed by atoms with Crippen molar-refractivity contribution in [2.75, 3.05) is 0 Å². The van der Waals surface area contributed by atoms with E-state index in [1.807, 2.05) is 11.1 Å². The van der Waals surface area contributed by atoms with E-state index in [0.29, 0.717) is 33.0 Å². The molecule has 31 heavy (non-hydrogen) atoms. The van der Waals surface area contributed by atoms with Crippen molar-refractivity contribution in [2.24, 2.45) is 44.3 Å². The van der Waals surface area contributed by atoms with E-state index in [-0.39, 0.29) is 11.5 Å². The number of hydrogen-bond donors (Lipinski definition) is 1. The van der Waals surface area contributed by atoms with E-state index in [9.17, 15) is 5.11 Å². The molecule has 0 spiro atoms. The van der Waals surface area contributed by atoms with Gasteiger partial charge in [0, 0.05) is 0 Å². The van der Waals surface area contributed by atoms with Crippen LogP contribution in [0.4, 0.5) is 0 Å². The molecule has 1 heteroatoms. The molecule has 0 radical (unpaired) electrons. The van der Waals surface area contributed by atoms with Crippen molar-refractivity contribution in [2.45, 2.75) is 132 Å². The van der Waals surface area contributed by atoms with Crippen molar-refractivity contribution in [1.82, 2.24) is 0 Å². The average molecular weight is 427 g/mol. The third-order valence-corrected chi connectivity index (χ3v) is 13.0. The molecule has 5 aliphatic rings. The Kier molecular flexibility index (Phi) is 4.66. The minimum absolute atomic E-state index is 0.0473. The van der Waals surface area contributed by atoms with Gasteiger partial charge in [0.1, 0.15) is 0 Å². The van der Waals surface area contributed by atoms with E-state index in [1.165, 1.54) is 64.2 Å². The first-order valence-electron chi connectivity index (χ1n) is 13.6. The van der Waals surface area contributed by atoms with E-state index >= 15 is 0 Å². The first kappa shape index (κ1) is 22.5. The van der Waals surface area contributed by atoms with Crippen LogP contribution in [-0.4, -0.2) is 11.2 Å². The van der Waals surface area contributed by atoms with Gasteiger partial charge in [0.15, 0.2) is 0 Å². The number of rotatable bonds is 0. The summed E-state index contributed by atoms with van der Waals surface area (Å²) in [6.07, 6.45) is 14.5. The first-order chi connectivity index (χ1) is 14.2. The van der Waals surface area contributed by atoms with Crippen LogP contribution in [-0.2, 0) is 0 Å². The van der Waals surface area contributed by atoms with Crippen molar-refractivity contribution in [3.05, 3.63) is 11.1 Å². The summed E-state index contributed by atoms with van der Waals surface area (Å²) < 4.78 is 0. The zero-order chi connectivity index (χ0) is 22.7. The minimum atomic E-state index is -0.128. The second-order valence-electron chi connectivity index (χ2n) is 15.2. The molecule has 5 aliphatic carbocycles.